The monoisotopic (exact) mass is 185 g/mol. The van der Waals surface area contributed by atoms with E-state index in [1.54, 1.807) is 0 Å². The van der Waals surface area contributed by atoms with Crippen molar-refractivity contribution in [2.75, 3.05) is 6.61 Å². The van der Waals surface area contributed by atoms with Crippen LogP contribution in [0.4, 0.5) is 0 Å². The number of hydrogen-bond donors (Lipinski definition) is 1. The lowest BCUT2D eigenvalue weighted by atomic mass is 9.86. The molecule has 0 saturated carbocycles. The van der Waals surface area contributed by atoms with Crippen LogP contribution in [0.2, 0.25) is 0 Å². The van der Waals surface area contributed by atoms with Gasteiger partial charge in [0, 0.05) is 12.6 Å². The maximum Gasteiger partial charge on any atom is 0.0669 e. The molecule has 0 bridgehead atoms. The minimum absolute atomic E-state index is 0.0575. The first-order chi connectivity index (χ1) is 6.02. The molecule has 2 unspecified atom stereocenters. The number of ether oxygens (including phenoxy) is 1. The molecule has 1 saturated heterocycles. The summed E-state index contributed by atoms with van der Waals surface area (Å²) in [6, 6.07) is 0.353. The van der Waals surface area contributed by atoms with E-state index >= 15 is 0 Å². The van der Waals surface area contributed by atoms with E-state index in [0.29, 0.717) is 6.04 Å². The predicted molar refractivity (Wildman–Crippen MR) is 55.6 cm³/mol. The first-order valence-electron chi connectivity index (χ1n) is 5.41. The summed E-state index contributed by atoms with van der Waals surface area (Å²) in [4.78, 5) is 0. The fourth-order valence-corrected chi connectivity index (χ4v) is 1.94. The Morgan fingerprint density at radius 1 is 1.54 bits per heavy atom. The van der Waals surface area contributed by atoms with Gasteiger partial charge in [0.05, 0.1) is 5.60 Å². The van der Waals surface area contributed by atoms with Crippen molar-refractivity contribution in [2.45, 2.75) is 58.1 Å². The maximum absolute atomic E-state index is 5.94. The molecule has 0 radical (unpaired) electrons. The highest BCUT2D eigenvalue weighted by Gasteiger charge is 2.31. The van der Waals surface area contributed by atoms with Crippen molar-refractivity contribution < 1.29 is 4.74 Å². The summed E-state index contributed by atoms with van der Waals surface area (Å²) >= 11 is 0. The van der Waals surface area contributed by atoms with Crippen LogP contribution in [0.5, 0.6) is 0 Å². The summed E-state index contributed by atoms with van der Waals surface area (Å²) in [7, 11) is 0. The highest BCUT2D eigenvalue weighted by molar-refractivity contribution is 4.84. The van der Waals surface area contributed by atoms with Gasteiger partial charge in [-0.25, -0.2) is 0 Å². The van der Waals surface area contributed by atoms with E-state index in [0.717, 1.165) is 31.8 Å². The molecule has 78 valence electrons. The molecule has 0 spiro atoms. The van der Waals surface area contributed by atoms with Crippen LogP contribution in [0.3, 0.4) is 0 Å². The SMILES string of the molecule is CC(C)CCC1(C)CC(N)CCO1. The zero-order chi connectivity index (χ0) is 9.90. The molecule has 0 amide bonds. The summed E-state index contributed by atoms with van der Waals surface area (Å²) in [6.07, 6.45) is 4.44. The van der Waals surface area contributed by atoms with Crippen molar-refractivity contribution in [2.24, 2.45) is 11.7 Å². The first kappa shape index (κ1) is 11.0. The summed E-state index contributed by atoms with van der Waals surface area (Å²) < 4.78 is 5.81. The Morgan fingerprint density at radius 2 is 2.23 bits per heavy atom. The third-order valence-corrected chi connectivity index (χ3v) is 2.88. The lowest BCUT2D eigenvalue weighted by Gasteiger charge is -2.37. The van der Waals surface area contributed by atoms with E-state index in [-0.39, 0.29) is 5.60 Å². The fraction of sp³-hybridized carbons (Fsp3) is 1.00. The topological polar surface area (TPSA) is 35.2 Å². The molecule has 2 atom stereocenters. The molecular weight excluding hydrogens is 162 g/mol. The van der Waals surface area contributed by atoms with Crippen LogP contribution in [0.1, 0.15) is 46.5 Å². The zero-order valence-corrected chi connectivity index (χ0v) is 9.18. The van der Waals surface area contributed by atoms with Crippen LogP contribution >= 0.6 is 0 Å². The van der Waals surface area contributed by atoms with Gasteiger partial charge in [0.25, 0.3) is 0 Å². The van der Waals surface area contributed by atoms with Crippen molar-refractivity contribution >= 4 is 0 Å². The Morgan fingerprint density at radius 3 is 2.77 bits per heavy atom. The molecule has 1 rings (SSSR count). The first-order valence-corrected chi connectivity index (χ1v) is 5.41. The van der Waals surface area contributed by atoms with Crippen LogP contribution in [0.15, 0.2) is 0 Å². The normalized spacial score (nSPS) is 35.3. The predicted octanol–water partition coefficient (Wildman–Crippen LogP) is 2.32. The number of hydrogen-bond acceptors (Lipinski definition) is 2. The van der Waals surface area contributed by atoms with Gasteiger partial charge in [-0.15, -0.1) is 0 Å². The van der Waals surface area contributed by atoms with Gasteiger partial charge in [0.2, 0.25) is 0 Å². The van der Waals surface area contributed by atoms with Crippen molar-refractivity contribution in [3.63, 3.8) is 0 Å². The van der Waals surface area contributed by atoms with Crippen LogP contribution in [-0.4, -0.2) is 18.2 Å². The van der Waals surface area contributed by atoms with Crippen LogP contribution in [-0.2, 0) is 4.74 Å². The van der Waals surface area contributed by atoms with Gasteiger partial charge in [-0.3, -0.25) is 0 Å². The third-order valence-electron chi connectivity index (χ3n) is 2.88. The van der Waals surface area contributed by atoms with E-state index in [2.05, 4.69) is 20.8 Å². The lowest BCUT2D eigenvalue weighted by molar-refractivity contribution is -0.0787. The third kappa shape index (κ3) is 3.65. The highest BCUT2D eigenvalue weighted by atomic mass is 16.5. The van der Waals surface area contributed by atoms with Crippen molar-refractivity contribution in [3.05, 3.63) is 0 Å². The van der Waals surface area contributed by atoms with Crippen LogP contribution in [0, 0.1) is 5.92 Å². The smallest absolute Gasteiger partial charge is 0.0669 e. The van der Waals surface area contributed by atoms with E-state index in [9.17, 15) is 0 Å². The van der Waals surface area contributed by atoms with Crippen molar-refractivity contribution in [3.8, 4) is 0 Å². The van der Waals surface area contributed by atoms with Crippen molar-refractivity contribution in [1.82, 2.24) is 0 Å². The van der Waals surface area contributed by atoms with Crippen LogP contribution in [0.25, 0.3) is 0 Å². The molecule has 1 aliphatic heterocycles. The van der Waals surface area contributed by atoms with Crippen LogP contribution < -0.4 is 5.73 Å². The molecule has 1 fully saturated rings. The van der Waals surface area contributed by atoms with E-state index in [1.165, 1.54) is 6.42 Å². The molecule has 0 aromatic rings. The average molecular weight is 185 g/mol. The Bertz CT molecular complexity index is 158. The van der Waals surface area contributed by atoms with Gasteiger partial charge in [0.1, 0.15) is 0 Å². The molecule has 13 heavy (non-hydrogen) atoms. The molecule has 2 N–H and O–H groups in total. The summed E-state index contributed by atoms with van der Waals surface area (Å²) in [6.45, 7) is 7.56. The highest BCUT2D eigenvalue weighted by Crippen LogP contribution is 2.29. The zero-order valence-electron chi connectivity index (χ0n) is 9.18. The summed E-state index contributed by atoms with van der Waals surface area (Å²) in [5.74, 6) is 0.763. The second-order valence-corrected chi connectivity index (χ2v) is 4.98. The van der Waals surface area contributed by atoms with Gasteiger partial charge in [-0.05, 0) is 38.5 Å². The van der Waals surface area contributed by atoms with Gasteiger partial charge in [0.15, 0.2) is 0 Å². The Hall–Kier alpha value is -0.0800. The molecule has 1 aliphatic rings. The molecule has 2 nitrogen and oxygen atoms in total. The van der Waals surface area contributed by atoms with Crippen molar-refractivity contribution in [1.29, 1.82) is 0 Å². The van der Waals surface area contributed by atoms with E-state index < -0.39 is 0 Å². The average Bonchev–Trinajstić information content (AvgIpc) is 2.01. The number of nitrogens with two attached hydrogens (primary N) is 1. The standard InChI is InChI=1S/C11H23NO/c1-9(2)4-6-11(3)8-10(12)5-7-13-11/h9-10H,4-8,12H2,1-3H3. The minimum Gasteiger partial charge on any atom is -0.375 e. The molecular formula is C11H23NO. The maximum atomic E-state index is 5.94. The molecule has 2 heteroatoms. The molecule has 0 aliphatic carbocycles. The second-order valence-electron chi connectivity index (χ2n) is 4.98. The van der Waals surface area contributed by atoms with E-state index in [4.69, 9.17) is 10.5 Å². The second kappa shape index (κ2) is 4.43. The van der Waals surface area contributed by atoms with Gasteiger partial charge < -0.3 is 10.5 Å². The largest absolute Gasteiger partial charge is 0.375 e. The molecule has 0 aromatic heterocycles. The Balaban J connectivity index is 2.35. The minimum atomic E-state index is 0.0575. The molecule has 1 heterocycles. The number of rotatable bonds is 3. The summed E-state index contributed by atoms with van der Waals surface area (Å²) in [5.41, 5.74) is 5.99. The van der Waals surface area contributed by atoms with Gasteiger partial charge in [-0.1, -0.05) is 13.8 Å². The fourth-order valence-electron chi connectivity index (χ4n) is 1.94. The lowest BCUT2D eigenvalue weighted by Crippen LogP contribution is -2.43. The van der Waals surface area contributed by atoms with E-state index in [1.807, 2.05) is 0 Å². The Labute approximate surface area is 81.8 Å². The summed E-state index contributed by atoms with van der Waals surface area (Å²) in [5, 5.41) is 0. The van der Waals surface area contributed by atoms with Gasteiger partial charge in [-0.2, -0.15) is 0 Å². The van der Waals surface area contributed by atoms with Gasteiger partial charge >= 0.3 is 0 Å². The Kier molecular flexibility index (Phi) is 3.74. The quantitative estimate of drug-likeness (QED) is 0.732. The molecule has 0 aromatic carbocycles.